The maximum atomic E-state index is 13.7. The summed E-state index contributed by atoms with van der Waals surface area (Å²) in [6, 6.07) is 4.46. The number of halogens is 2. The van der Waals surface area contributed by atoms with Crippen LogP contribution in [-0.2, 0) is 9.84 Å². The van der Waals surface area contributed by atoms with Gasteiger partial charge in [0.2, 0.25) is 0 Å². The number of benzene rings is 1. The highest BCUT2D eigenvalue weighted by Gasteiger charge is 2.15. The molecule has 0 aliphatic rings. The molecule has 0 aliphatic carbocycles. The zero-order chi connectivity index (χ0) is 13.8. The Labute approximate surface area is 116 Å². The molecule has 1 aromatic rings. The van der Waals surface area contributed by atoms with Crippen LogP contribution in [0.5, 0.6) is 0 Å². The van der Waals surface area contributed by atoms with Gasteiger partial charge in [-0.3, -0.25) is 0 Å². The van der Waals surface area contributed by atoms with Crippen LogP contribution in [0.2, 0.25) is 0 Å². The molecule has 1 atom stereocenters. The van der Waals surface area contributed by atoms with Gasteiger partial charge in [0.1, 0.15) is 15.7 Å². The van der Waals surface area contributed by atoms with Crippen molar-refractivity contribution in [1.82, 2.24) is 0 Å². The van der Waals surface area contributed by atoms with E-state index in [1.807, 2.05) is 0 Å². The second-order valence-corrected chi connectivity index (χ2v) is 7.46. The molecule has 1 aromatic carbocycles. The number of sulfone groups is 1. The maximum absolute atomic E-state index is 13.7. The van der Waals surface area contributed by atoms with E-state index in [0.717, 1.165) is 0 Å². The summed E-state index contributed by atoms with van der Waals surface area (Å²) >= 11 is 3.10. The third-order valence-corrected chi connectivity index (χ3v) is 5.19. The summed E-state index contributed by atoms with van der Waals surface area (Å²) in [7, 11) is -2.97. The van der Waals surface area contributed by atoms with Crippen LogP contribution in [0.25, 0.3) is 0 Å². The van der Waals surface area contributed by atoms with E-state index in [4.69, 9.17) is 5.73 Å². The minimum atomic E-state index is -2.97. The Morgan fingerprint density at radius 2 is 2.11 bits per heavy atom. The van der Waals surface area contributed by atoms with Crippen molar-refractivity contribution in [2.75, 3.05) is 11.5 Å². The topological polar surface area (TPSA) is 60.2 Å². The van der Waals surface area contributed by atoms with E-state index in [-0.39, 0.29) is 17.3 Å². The Morgan fingerprint density at radius 1 is 1.44 bits per heavy atom. The lowest BCUT2D eigenvalue weighted by atomic mass is 10.0. The van der Waals surface area contributed by atoms with Crippen LogP contribution in [0.1, 0.15) is 31.4 Å². The lowest BCUT2D eigenvalue weighted by Crippen LogP contribution is -2.15. The fourth-order valence-corrected chi connectivity index (χ4v) is 2.91. The summed E-state index contributed by atoms with van der Waals surface area (Å²) in [6.07, 6.45) is 0.899. The Kier molecular flexibility index (Phi) is 5.75. The zero-order valence-electron chi connectivity index (χ0n) is 10.2. The first-order valence-corrected chi connectivity index (χ1v) is 8.38. The normalized spacial score (nSPS) is 13.6. The number of hydrogen-bond acceptors (Lipinski definition) is 3. The van der Waals surface area contributed by atoms with Crippen LogP contribution in [-0.4, -0.2) is 19.9 Å². The third-order valence-electron chi connectivity index (χ3n) is 2.79. The monoisotopic (exact) mass is 337 g/mol. The Hall–Kier alpha value is -0.460. The summed E-state index contributed by atoms with van der Waals surface area (Å²) in [5.41, 5.74) is 6.29. The van der Waals surface area contributed by atoms with Crippen molar-refractivity contribution in [3.05, 3.63) is 34.1 Å². The van der Waals surface area contributed by atoms with Crippen LogP contribution < -0.4 is 5.73 Å². The molecule has 0 saturated heterocycles. The highest BCUT2D eigenvalue weighted by molar-refractivity contribution is 9.10. The highest BCUT2D eigenvalue weighted by atomic mass is 79.9. The van der Waals surface area contributed by atoms with Crippen LogP contribution in [0, 0.1) is 5.82 Å². The van der Waals surface area contributed by atoms with Crippen LogP contribution in [0.3, 0.4) is 0 Å². The third kappa shape index (κ3) is 4.33. The number of nitrogens with two attached hydrogens (primary N) is 1. The van der Waals surface area contributed by atoms with Crippen LogP contribution in [0.15, 0.2) is 22.7 Å². The average Bonchev–Trinajstić information content (AvgIpc) is 2.32. The average molecular weight is 338 g/mol. The number of rotatable bonds is 6. The van der Waals surface area contributed by atoms with Gasteiger partial charge in [-0.25, -0.2) is 12.8 Å². The van der Waals surface area contributed by atoms with Crippen molar-refractivity contribution in [1.29, 1.82) is 0 Å². The zero-order valence-corrected chi connectivity index (χ0v) is 12.6. The molecule has 6 heteroatoms. The molecule has 0 heterocycles. The molecule has 0 fully saturated rings. The van der Waals surface area contributed by atoms with Gasteiger partial charge in [0, 0.05) is 17.4 Å². The lowest BCUT2D eigenvalue weighted by Gasteiger charge is -2.13. The van der Waals surface area contributed by atoms with Gasteiger partial charge < -0.3 is 5.73 Å². The van der Waals surface area contributed by atoms with Crippen molar-refractivity contribution < 1.29 is 12.8 Å². The van der Waals surface area contributed by atoms with Gasteiger partial charge >= 0.3 is 0 Å². The van der Waals surface area contributed by atoms with Crippen LogP contribution >= 0.6 is 15.9 Å². The lowest BCUT2D eigenvalue weighted by molar-refractivity contribution is 0.551. The molecular weight excluding hydrogens is 321 g/mol. The molecule has 102 valence electrons. The Balaban J connectivity index is 2.61. The first-order valence-electron chi connectivity index (χ1n) is 5.77. The molecule has 0 spiro atoms. The van der Waals surface area contributed by atoms with Gasteiger partial charge in [-0.05, 0) is 34.8 Å². The SMILES string of the molecule is CCS(=O)(=O)CCCC(N)c1cccc(Br)c1F. The first-order chi connectivity index (χ1) is 8.37. The second-order valence-electron chi connectivity index (χ2n) is 4.13. The molecule has 3 nitrogen and oxygen atoms in total. The van der Waals surface area contributed by atoms with Gasteiger partial charge in [0.25, 0.3) is 0 Å². The van der Waals surface area contributed by atoms with Gasteiger partial charge in [-0.2, -0.15) is 0 Å². The largest absolute Gasteiger partial charge is 0.324 e. The van der Waals surface area contributed by atoms with E-state index < -0.39 is 15.9 Å². The smallest absolute Gasteiger partial charge is 0.150 e. The maximum Gasteiger partial charge on any atom is 0.150 e. The predicted octanol–water partition coefficient (Wildman–Crippen LogP) is 2.80. The molecule has 0 aromatic heterocycles. The summed E-state index contributed by atoms with van der Waals surface area (Å²) < 4.78 is 36.7. The molecule has 0 saturated carbocycles. The van der Waals surface area contributed by atoms with Crippen molar-refractivity contribution in [2.45, 2.75) is 25.8 Å². The fourth-order valence-electron chi connectivity index (χ4n) is 1.63. The molecule has 18 heavy (non-hydrogen) atoms. The Bertz CT molecular complexity index is 505. The summed E-state index contributed by atoms with van der Waals surface area (Å²) in [6.45, 7) is 1.61. The molecule has 0 aliphatic heterocycles. The first kappa shape index (κ1) is 15.6. The number of hydrogen-bond donors (Lipinski definition) is 1. The highest BCUT2D eigenvalue weighted by Crippen LogP contribution is 2.25. The second kappa shape index (κ2) is 6.63. The molecule has 1 unspecified atom stereocenters. The molecule has 2 N–H and O–H groups in total. The summed E-state index contributed by atoms with van der Waals surface area (Å²) in [5.74, 6) is -0.135. The fraction of sp³-hybridized carbons (Fsp3) is 0.500. The van der Waals surface area contributed by atoms with E-state index >= 15 is 0 Å². The van der Waals surface area contributed by atoms with Gasteiger partial charge in [0.05, 0.1) is 10.2 Å². The van der Waals surface area contributed by atoms with E-state index in [0.29, 0.717) is 22.9 Å². The quantitative estimate of drug-likeness (QED) is 0.868. The van der Waals surface area contributed by atoms with Crippen molar-refractivity contribution in [3.63, 3.8) is 0 Å². The van der Waals surface area contributed by atoms with E-state index in [9.17, 15) is 12.8 Å². The summed E-state index contributed by atoms with van der Waals surface area (Å²) in [5, 5.41) is 0. The Morgan fingerprint density at radius 3 is 2.72 bits per heavy atom. The minimum absolute atomic E-state index is 0.104. The van der Waals surface area contributed by atoms with E-state index in [1.54, 1.807) is 25.1 Å². The van der Waals surface area contributed by atoms with E-state index in [2.05, 4.69) is 15.9 Å². The van der Waals surface area contributed by atoms with Crippen molar-refractivity contribution in [2.24, 2.45) is 5.73 Å². The van der Waals surface area contributed by atoms with Gasteiger partial charge in [-0.1, -0.05) is 19.1 Å². The summed E-state index contributed by atoms with van der Waals surface area (Å²) in [4.78, 5) is 0. The minimum Gasteiger partial charge on any atom is -0.324 e. The van der Waals surface area contributed by atoms with Gasteiger partial charge in [0.15, 0.2) is 0 Å². The molecule has 0 bridgehead atoms. The predicted molar refractivity (Wildman–Crippen MR) is 74.6 cm³/mol. The van der Waals surface area contributed by atoms with Crippen molar-refractivity contribution >= 4 is 25.8 Å². The van der Waals surface area contributed by atoms with Gasteiger partial charge in [-0.15, -0.1) is 0 Å². The molecule has 1 rings (SSSR count). The standard InChI is InChI=1S/C12H17BrFNO2S/c1-2-18(16,17)8-4-7-11(15)9-5-3-6-10(13)12(9)14/h3,5-6,11H,2,4,7-8,15H2,1H3. The molecular formula is C12H17BrFNO2S. The molecule has 0 amide bonds. The van der Waals surface area contributed by atoms with E-state index in [1.165, 1.54) is 0 Å². The molecule has 0 radical (unpaired) electrons. The van der Waals surface area contributed by atoms with Crippen molar-refractivity contribution in [3.8, 4) is 0 Å². The van der Waals surface area contributed by atoms with Crippen LogP contribution in [0.4, 0.5) is 4.39 Å².